The van der Waals surface area contributed by atoms with Crippen LogP contribution in [0.15, 0.2) is 0 Å². The van der Waals surface area contributed by atoms with Crippen LogP contribution in [0, 0.1) is 50.7 Å². The SMILES string of the molecule is C[C@@H]([C@H]1[C@@H](O)C[C@@]2(C)C3CCC4C(C)(C)[C@@H](O[C@@H]5O[C@H](CO)[C@@H](O)[C@H](O)[C@H]5O)CC[C@@]45C[C@@]35CC[C@]12C)[C@H]1C[C@H](O)C(C)(C)O1. The predicted octanol–water partition coefficient (Wildman–Crippen LogP) is 3.15. The van der Waals surface area contributed by atoms with E-state index in [0.717, 1.165) is 38.5 Å². The Bertz CT molecular complexity index is 1160. The van der Waals surface area contributed by atoms with Gasteiger partial charge >= 0.3 is 0 Å². The number of aliphatic hydroxyl groups excluding tert-OH is 6. The summed E-state index contributed by atoms with van der Waals surface area (Å²) in [5.74, 6) is 1.31. The van der Waals surface area contributed by atoms with Gasteiger partial charge in [-0.3, -0.25) is 0 Å². The van der Waals surface area contributed by atoms with E-state index in [-0.39, 0.29) is 57.2 Å². The molecule has 5 aliphatic carbocycles. The molecule has 9 nitrogen and oxygen atoms in total. The van der Waals surface area contributed by atoms with Crippen molar-refractivity contribution in [1.82, 2.24) is 0 Å². The second-order valence-corrected chi connectivity index (χ2v) is 18.4. The van der Waals surface area contributed by atoms with Gasteiger partial charge in [0.2, 0.25) is 0 Å². The van der Waals surface area contributed by atoms with Crippen LogP contribution in [0.5, 0.6) is 0 Å². The molecule has 2 spiro atoms. The van der Waals surface area contributed by atoms with Crippen LogP contribution in [0.3, 0.4) is 0 Å². The molecule has 45 heavy (non-hydrogen) atoms. The lowest BCUT2D eigenvalue weighted by molar-refractivity contribution is -0.326. The van der Waals surface area contributed by atoms with Crippen LogP contribution in [0.4, 0.5) is 0 Å². The van der Waals surface area contributed by atoms with Crippen LogP contribution in [0.25, 0.3) is 0 Å². The van der Waals surface area contributed by atoms with Gasteiger partial charge in [0.25, 0.3) is 0 Å². The van der Waals surface area contributed by atoms with Crippen molar-refractivity contribution in [2.24, 2.45) is 50.7 Å². The standard InChI is InChI=1S/C36H60O9/c1-18(20-14-24(39)32(4,5)45-20)26-19(38)15-34(7)23-9-8-22-31(2,3)25(44-30-29(42)28(41)27(40)21(16-37)43-30)10-11-35(22)17-36(23,35)13-12-33(26,34)6/h18-30,37-42H,8-17H2,1-7H3/t18-,19+,20-,21-,22?,23?,24+,25+,26+,27-,28+,29-,30+,33-,34+,35-,36+/m1/s1. The van der Waals surface area contributed by atoms with E-state index in [1.165, 1.54) is 12.8 Å². The Morgan fingerprint density at radius 1 is 0.800 bits per heavy atom. The molecule has 6 N–H and O–H groups in total. The smallest absolute Gasteiger partial charge is 0.186 e. The summed E-state index contributed by atoms with van der Waals surface area (Å²) >= 11 is 0. The van der Waals surface area contributed by atoms with Crippen LogP contribution in [-0.4, -0.2) is 98.0 Å². The number of ether oxygens (including phenoxy) is 3. The van der Waals surface area contributed by atoms with E-state index in [0.29, 0.717) is 18.3 Å². The lowest BCUT2D eigenvalue weighted by Gasteiger charge is -2.63. The first-order valence-corrected chi connectivity index (χ1v) is 17.9. The topological polar surface area (TPSA) is 149 Å². The third kappa shape index (κ3) is 4.24. The van der Waals surface area contributed by atoms with E-state index in [4.69, 9.17) is 14.2 Å². The highest BCUT2D eigenvalue weighted by Gasteiger charge is 2.83. The van der Waals surface area contributed by atoms with Gasteiger partial charge in [-0.2, -0.15) is 0 Å². The number of hydrogen-bond acceptors (Lipinski definition) is 9. The maximum absolute atomic E-state index is 11.8. The maximum Gasteiger partial charge on any atom is 0.186 e. The summed E-state index contributed by atoms with van der Waals surface area (Å²) in [5.41, 5.74) is -0.199. The summed E-state index contributed by atoms with van der Waals surface area (Å²) in [5, 5.41) is 63.6. The molecule has 7 rings (SSSR count). The molecule has 17 atom stereocenters. The van der Waals surface area contributed by atoms with Gasteiger partial charge < -0.3 is 44.8 Å². The molecule has 2 heterocycles. The van der Waals surface area contributed by atoms with Crippen molar-refractivity contribution >= 4 is 0 Å². The first-order valence-electron chi connectivity index (χ1n) is 17.9. The number of fused-ring (bicyclic) bond motifs is 2. The predicted molar refractivity (Wildman–Crippen MR) is 166 cm³/mol. The Morgan fingerprint density at radius 2 is 1.47 bits per heavy atom. The molecule has 0 radical (unpaired) electrons. The lowest BCUT2D eigenvalue weighted by Crippen LogP contribution is -2.62. The van der Waals surface area contributed by atoms with E-state index in [9.17, 15) is 30.6 Å². The van der Waals surface area contributed by atoms with Gasteiger partial charge in [0.15, 0.2) is 6.29 Å². The Balaban J connectivity index is 1.11. The van der Waals surface area contributed by atoms with Crippen molar-refractivity contribution < 1.29 is 44.8 Å². The highest BCUT2D eigenvalue weighted by Crippen LogP contribution is 2.89. The molecule has 2 saturated heterocycles. The first-order chi connectivity index (χ1) is 20.9. The average Bonchev–Trinajstić information content (AvgIpc) is 3.47. The van der Waals surface area contributed by atoms with Gasteiger partial charge in [0.05, 0.1) is 36.6 Å². The fourth-order valence-electron chi connectivity index (χ4n) is 13.5. The number of aliphatic hydroxyl groups is 6. The zero-order valence-corrected chi connectivity index (χ0v) is 28.5. The van der Waals surface area contributed by atoms with Gasteiger partial charge in [-0.05, 0) is 116 Å². The fraction of sp³-hybridized carbons (Fsp3) is 1.00. The highest BCUT2D eigenvalue weighted by atomic mass is 16.7. The summed E-state index contributed by atoms with van der Waals surface area (Å²) in [6.07, 6.45) is 1.71. The van der Waals surface area contributed by atoms with Gasteiger partial charge in [-0.15, -0.1) is 0 Å². The molecular weight excluding hydrogens is 576 g/mol. The largest absolute Gasteiger partial charge is 0.394 e. The molecule has 5 saturated carbocycles. The molecule has 0 bridgehead atoms. The maximum atomic E-state index is 11.8. The van der Waals surface area contributed by atoms with Gasteiger partial charge in [-0.25, -0.2) is 0 Å². The van der Waals surface area contributed by atoms with E-state index in [1.807, 2.05) is 13.8 Å². The molecule has 7 aliphatic rings. The van der Waals surface area contributed by atoms with Crippen molar-refractivity contribution in [1.29, 1.82) is 0 Å². The van der Waals surface area contributed by atoms with Crippen LogP contribution in [0.2, 0.25) is 0 Å². The van der Waals surface area contributed by atoms with E-state index >= 15 is 0 Å². The summed E-state index contributed by atoms with van der Waals surface area (Å²) in [4.78, 5) is 0. The highest BCUT2D eigenvalue weighted by molar-refractivity contribution is 5.31. The van der Waals surface area contributed by atoms with E-state index in [2.05, 4.69) is 34.6 Å². The summed E-state index contributed by atoms with van der Waals surface area (Å²) in [6, 6.07) is 0. The Hall–Kier alpha value is -0.360. The molecule has 0 aromatic heterocycles. The summed E-state index contributed by atoms with van der Waals surface area (Å²) < 4.78 is 18.7. The molecular formula is C36H60O9. The normalized spacial score (nSPS) is 58.6. The zero-order chi connectivity index (χ0) is 32.7. The molecule has 0 amide bonds. The van der Waals surface area contributed by atoms with Crippen molar-refractivity contribution in [2.45, 2.75) is 167 Å². The second-order valence-electron chi connectivity index (χ2n) is 18.4. The second kappa shape index (κ2) is 10.3. The number of hydrogen-bond donors (Lipinski definition) is 6. The van der Waals surface area contributed by atoms with Gasteiger partial charge in [-0.1, -0.05) is 34.6 Å². The van der Waals surface area contributed by atoms with Crippen molar-refractivity contribution in [3.05, 3.63) is 0 Å². The minimum Gasteiger partial charge on any atom is -0.394 e. The van der Waals surface area contributed by atoms with Crippen LogP contribution in [-0.2, 0) is 14.2 Å². The van der Waals surface area contributed by atoms with Crippen molar-refractivity contribution in [2.75, 3.05) is 6.61 Å². The molecule has 9 heteroatoms. The molecule has 7 fully saturated rings. The molecule has 0 aromatic carbocycles. The summed E-state index contributed by atoms with van der Waals surface area (Å²) in [6.45, 7) is 15.3. The molecule has 2 unspecified atom stereocenters. The lowest BCUT2D eigenvalue weighted by atomic mass is 9.41. The van der Waals surface area contributed by atoms with E-state index in [1.54, 1.807) is 0 Å². The third-order valence-electron chi connectivity index (χ3n) is 16.1. The minimum absolute atomic E-state index is 0.00164. The monoisotopic (exact) mass is 636 g/mol. The first kappa shape index (κ1) is 33.2. The molecule has 2 aliphatic heterocycles. The van der Waals surface area contributed by atoms with Crippen LogP contribution in [0.1, 0.15) is 106 Å². The quantitative estimate of drug-likeness (QED) is 0.250. The fourth-order valence-corrected chi connectivity index (χ4v) is 13.5. The summed E-state index contributed by atoms with van der Waals surface area (Å²) in [7, 11) is 0. The zero-order valence-electron chi connectivity index (χ0n) is 28.5. The van der Waals surface area contributed by atoms with Crippen molar-refractivity contribution in [3.63, 3.8) is 0 Å². The Labute approximate surface area is 269 Å². The number of rotatable bonds is 5. The Kier molecular flexibility index (Phi) is 7.61. The van der Waals surface area contributed by atoms with Crippen molar-refractivity contribution in [3.8, 4) is 0 Å². The van der Waals surface area contributed by atoms with Crippen LogP contribution < -0.4 is 0 Å². The molecule has 258 valence electrons. The Morgan fingerprint density at radius 3 is 2.11 bits per heavy atom. The average molecular weight is 637 g/mol. The van der Waals surface area contributed by atoms with E-state index < -0.39 is 49.0 Å². The minimum atomic E-state index is -1.44. The molecule has 0 aromatic rings. The van der Waals surface area contributed by atoms with Crippen LogP contribution >= 0.6 is 0 Å². The van der Waals surface area contributed by atoms with Gasteiger partial charge in [0, 0.05) is 6.42 Å². The third-order valence-corrected chi connectivity index (χ3v) is 16.1. The van der Waals surface area contributed by atoms with Gasteiger partial charge in [0.1, 0.15) is 24.4 Å².